The molecule has 1 fully saturated rings. The molecule has 7 heteroatoms. The van der Waals surface area contributed by atoms with Crippen LogP contribution in [0.1, 0.15) is 12.8 Å². The highest BCUT2D eigenvalue weighted by Crippen LogP contribution is 2.12. The lowest BCUT2D eigenvalue weighted by Crippen LogP contribution is -2.48. The van der Waals surface area contributed by atoms with Crippen molar-refractivity contribution in [3.8, 4) is 0 Å². The number of carboxylic acid groups (broad SMARTS) is 1. The Morgan fingerprint density at radius 1 is 1.50 bits per heavy atom. The molecule has 0 aromatic carbocycles. The zero-order valence-electron chi connectivity index (χ0n) is 9.18. The fourth-order valence-corrected chi connectivity index (χ4v) is 3.19. The van der Waals surface area contributed by atoms with Gasteiger partial charge in [-0.25, -0.2) is 8.42 Å². The second-order valence-electron chi connectivity index (χ2n) is 3.94. The first-order valence-corrected chi connectivity index (χ1v) is 6.95. The Balaban J connectivity index is 2.45. The predicted molar refractivity (Wildman–Crippen MR) is 58.1 cm³/mol. The molecule has 94 valence electrons. The summed E-state index contributed by atoms with van der Waals surface area (Å²) in [6, 6.07) is -0.824. The summed E-state index contributed by atoms with van der Waals surface area (Å²) in [5.41, 5.74) is 0. The molecule has 0 aromatic heterocycles. The van der Waals surface area contributed by atoms with Crippen molar-refractivity contribution in [2.75, 3.05) is 25.2 Å². The highest BCUT2D eigenvalue weighted by molar-refractivity contribution is 7.91. The maximum absolute atomic E-state index is 11.2. The number of sulfone groups is 1. The van der Waals surface area contributed by atoms with Gasteiger partial charge >= 0.3 is 5.97 Å². The molecular weight excluding hydrogens is 234 g/mol. The molecule has 2 N–H and O–H groups in total. The summed E-state index contributed by atoms with van der Waals surface area (Å²) in [5, 5.41) is 11.8. The third kappa shape index (κ3) is 4.07. The SMILES string of the molecule is COCC(NC1CCS(=O)(=O)CC1)C(=O)O. The van der Waals surface area contributed by atoms with E-state index in [2.05, 4.69) is 5.32 Å². The number of carboxylic acids is 1. The van der Waals surface area contributed by atoms with Crippen LogP contribution in [0.25, 0.3) is 0 Å². The number of carbonyl (C=O) groups is 1. The topological polar surface area (TPSA) is 92.7 Å². The largest absolute Gasteiger partial charge is 0.480 e. The molecule has 6 nitrogen and oxygen atoms in total. The van der Waals surface area contributed by atoms with E-state index in [9.17, 15) is 13.2 Å². The average molecular weight is 251 g/mol. The van der Waals surface area contributed by atoms with Gasteiger partial charge in [0, 0.05) is 13.2 Å². The lowest BCUT2D eigenvalue weighted by atomic mass is 10.1. The van der Waals surface area contributed by atoms with Gasteiger partial charge in [-0.1, -0.05) is 0 Å². The first-order valence-electron chi connectivity index (χ1n) is 5.13. The summed E-state index contributed by atoms with van der Waals surface area (Å²) in [7, 11) is -1.47. The quantitative estimate of drug-likeness (QED) is 0.668. The van der Waals surface area contributed by atoms with E-state index in [1.54, 1.807) is 0 Å². The number of methoxy groups -OCH3 is 1. The molecule has 0 spiro atoms. The minimum absolute atomic E-state index is 0.0558. The van der Waals surface area contributed by atoms with Crippen molar-refractivity contribution < 1.29 is 23.1 Å². The predicted octanol–water partition coefficient (Wildman–Crippen LogP) is -0.747. The molecular formula is C9H17NO5S. The van der Waals surface area contributed by atoms with Crippen LogP contribution in [0.2, 0.25) is 0 Å². The maximum atomic E-state index is 11.2. The molecule has 16 heavy (non-hydrogen) atoms. The summed E-state index contributed by atoms with van der Waals surface area (Å²) in [6.45, 7) is 0.0819. The summed E-state index contributed by atoms with van der Waals surface area (Å²) >= 11 is 0. The molecule has 0 aromatic rings. The molecule has 1 heterocycles. The molecule has 1 saturated heterocycles. The minimum atomic E-state index is -2.90. The van der Waals surface area contributed by atoms with Crippen molar-refractivity contribution in [2.24, 2.45) is 0 Å². The summed E-state index contributed by atoms with van der Waals surface area (Å²) in [6.07, 6.45) is 0.936. The Labute approximate surface area is 94.9 Å². The van der Waals surface area contributed by atoms with Crippen LogP contribution < -0.4 is 5.32 Å². The Bertz CT molecular complexity index is 326. The Hall–Kier alpha value is -0.660. The molecule has 0 radical (unpaired) electrons. The van der Waals surface area contributed by atoms with Gasteiger partial charge in [0.25, 0.3) is 0 Å². The first kappa shape index (κ1) is 13.4. The number of hydrogen-bond acceptors (Lipinski definition) is 5. The van der Waals surface area contributed by atoms with Crippen molar-refractivity contribution >= 4 is 15.8 Å². The van der Waals surface area contributed by atoms with E-state index in [0.29, 0.717) is 12.8 Å². The normalized spacial score (nSPS) is 22.8. The number of hydrogen-bond donors (Lipinski definition) is 2. The summed E-state index contributed by atoms with van der Waals surface area (Å²) in [5.74, 6) is -0.719. The van der Waals surface area contributed by atoms with Crippen LogP contribution >= 0.6 is 0 Å². The van der Waals surface area contributed by atoms with E-state index in [1.165, 1.54) is 7.11 Å². The Kier molecular flexibility index (Phi) is 4.69. The lowest BCUT2D eigenvalue weighted by Gasteiger charge is -2.26. The molecule has 0 saturated carbocycles. The van der Waals surface area contributed by atoms with Crippen LogP contribution in [-0.4, -0.2) is 56.8 Å². The van der Waals surface area contributed by atoms with Crippen LogP contribution in [0.15, 0.2) is 0 Å². The molecule has 1 unspecified atom stereocenters. The molecule has 0 amide bonds. The van der Waals surface area contributed by atoms with E-state index >= 15 is 0 Å². The van der Waals surface area contributed by atoms with Gasteiger partial charge in [0.05, 0.1) is 18.1 Å². The zero-order chi connectivity index (χ0) is 12.2. The fraction of sp³-hybridized carbons (Fsp3) is 0.889. The van der Waals surface area contributed by atoms with Crippen LogP contribution in [0, 0.1) is 0 Å². The highest BCUT2D eigenvalue weighted by Gasteiger charge is 2.27. The monoisotopic (exact) mass is 251 g/mol. The number of nitrogens with one attached hydrogen (secondary N) is 1. The first-order chi connectivity index (χ1) is 7.44. The summed E-state index contributed by atoms with van der Waals surface area (Å²) in [4.78, 5) is 10.8. The fourth-order valence-electron chi connectivity index (χ4n) is 1.70. The van der Waals surface area contributed by atoms with Gasteiger partial charge in [-0.3, -0.25) is 10.1 Å². The van der Waals surface area contributed by atoms with Gasteiger partial charge in [0.15, 0.2) is 0 Å². The third-order valence-electron chi connectivity index (χ3n) is 2.62. The number of rotatable bonds is 5. The standard InChI is InChI=1S/C9H17NO5S/c1-15-6-8(9(11)12)10-7-2-4-16(13,14)5-3-7/h7-8,10H,2-6H2,1H3,(H,11,12). The van der Waals surface area contributed by atoms with Crippen LogP contribution in [0.3, 0.4) is 0 Å². The molecule has 0 aliphatic carbocycles. The molecule has 1 aliphatic heterocycles. The van der Waals surface area contributed by atoms with Crippen molar-refractivity contribution in [1.29, 1.82) is 0 Å². The molecule has 0 bridgehead atoms. The molecule has 1 aliphatic rings. The zero-order valence-corrected chi connectivity index (χ0v) is 10.00. The van der Waals surface area contributed by atoms with Crippen LogP contribution in [0.4, 0.5) is 0 Å². The van der Waals surface area contributed by atoms with Gasteiger partial charge in [0.1, 0.15) is 15.9 Å². The maximum Gasteiger partial charge on any atom is 0.323 e. The van der Waals surface area contributed by atoms with Crippen molar-refractivity contribution in [3.05, 3.63) is 0 Å². The van der Waals surface area contributed by atoms with Gasteiger partial charge in [0.2, 0.25) is 0 Å². The van der Waals surface area contributed by atoms with E-state index in [4.69, 9.17) is 9.84 Å². The summed E-state index contributed by atoms with van der Waals surface area (Å²) < 4.78 is 27.1. The third-order valence-corrected chi connectivity index (χ3v) is 4.34. The Morgan fingerprint density at radius 2 is 2.06 bits per heavy atom. The van der Waals surface area contributed by atoms with E-state index in [-0.39, 0.29) is 24.2 Å². The van der Waals surface area contributed by atoms with Crippen molar-refractivity contribution in [1.82, 2.24) is 5.32 Å². The van der Waals surface area contributed by atoms with E-state index in [0.717, 1.165) is 0 Å². The van der Waals surface area contributed by atoms with Gasteiger partial charge < -0.3 is 9.84 Å². The molecule has 1 atom stereocenters. The number of ether oxygens (including phenoxy) is 1. The smallest absolute Gasteiger partial charge is 0.323 e. The average Bonchev–Trinajstić information content (AvgIpc) is 2.20. The van der Waals surface area contributed by atoms with E-state index < -0.39 is 21.8 Å². The highest BCUT2D eigenvalue weighted by atomic mass is 32.2. The van der Waals surface area contributed by atoms with Gasteiger partial charge in [-0.15, -0.1) is 0 Å². The van der Waals surface area contributed by atoms with Crippen molar-refractivity contribution in [3.63, 3.8) is 0 Å². The lowest BCUT2D eigenvalue weighted by molar-refractivity contribution is -0.141. The Morgan fingerprint density at radius 3 is 2.50 bits per heavy atom. The molecule has 1 rings (SSSR count). The van der Waals surface area contributed by atoms with Gasteiger partial charge in [-0.2, -0.15) is 0 Å². The number of aliphatic carboxylic acids is 1. The van der Waals surface area contributed by atoms with E-state index in [1.807, 2.05) is 0 Å². The van der Waals surface area contributed by atoms with Gasteiger partial charge in [-0.05, 0) is 12.8 Å². The van der Waals surface area contributed by atoms with Crippen LogP contribution in [-0.2, 0) is 19.4 Å². The second kappa shape index (κ2) is 5.60. The van der Waals surface area contributed by atoms with Crippen molar-refractivity contribution in [2.45, 2.75) is 24.9 Å². The second-order valence-corrected chi connectivity index (χ2v) is 6.24. The van der Waals surface area contributed by atoms with Crippen LogP contribution in [0.5, 0.6) is 0 Å². The minimum Gasteiger partial charge on any atom is -0.480 e.